The van der Waals surface area contributed by atoms with Gasteiger partial charge in [0.2, 0.25) is 0 Å². The van der Waals surface area contributed by atoms with Crippen LogP contribution in [0.4, 0.5) is 5.69 Å². The van der Waals surface area contributed by atoms with Crippen molar-refractivity contribution in [2.45, 2.75) is 31.6 Å². The molecule has 1 N–H and O–H groups in total. The summed E-state index contributed by atoms with van der Waals surface area (Å²) >= 11 is 5.98. The van der Waals surface area contributed by atoms with E-state index in [1.54, 1.807) is 44.2 Å². The fraction of sp³-hybridized carbons (Fsp3) is 0.250. The minimum absolute atomic E-state index is 0.196. The second-order valence-electron chi connectivity index (χ2n) is 7.13. The Morgan fingerprint density at radius 3 is 2.67 bits per heavy atom. The van der Waals surface area contributed by atoms with E-state index in [1.165, 1.54) is 11.0 Å². The smallest absolute Gasteiger partial charge is 0.300 e. The third kappa shape index (κ3) is 2.51. The lowest BCUT2D eigenvalue weighted by Gasteiger charge is -2.45. The standard InChI is InChI=1S/C20H15ClN2O4/c1-20(2)18(25)16(13-7-10(9-22)3-6-15(13)27-20)23-14-5-4-11(21)8-12(14)17(24)19(23)26/h3-8,16,18,25H,1-2H3/t16-,18+/m1/s1. The number of fused-ring (bicyclic) bond motifs is 2. The van der Waals surface area contributed by atoms with Crippen molar-refractivity contribution in [2.24, 2.45) is 0 Å². The molecule has 0 saturated carbocycles. The summed E-state index contributed by atoms with van der Waals surface area (Å²) < 4.78 is 5.89. The van der Waals surface area contributed by atoms with Gasteiger partial charge in [0.05, 0.1) is 28.9 Å². The second-order valence-corrected chi connectivity index (χ2v) is 7.56. The zero-order chi connectivity index (χ0) is 19.5. The van der Waals surface area contributed by atoms with E-state index >= 15 is 0 Å². The number of amides is 1. The summed E-state index contributed by atoms with van der Waals surface area (Å²) in [5, 5.41) is 20.6. The van der Waals surface area contributed by atoms with Crippen molar-refractivity contribution in [3.05, 3.63) is 58.1 Å². The van der Waals surface area contributed by atoms with E-state index in [4.69, 9.17) is 16.3 Å². The molecule has 2 atom stereocenters. The topological polar surface area (TPSA) is 90.6 Å². The molecule has 7 heteroatoms. The van der Waals surface area contributed by atoms with Crippen molar-refractivity contribution in [3.8, 4) is 11.8 Å². The minimum atomic E-state index is -1.13. The molecule has 0 radical (unpaired) electrons. The van der Waals surface area contributed by atoms with Crippen LogP contribution in [0.3, 0.4) is 0 Å². The number of aliphatic hydroxyl groups is 1. The number of rotatable bonds is 1. The molecule has 1 amide bonds. The number of ketones is 1. The van der Waals surface area contributed by atoms with Crippen molar-refractivity contribution in [3.63, 3.8) is 0 Å². The van der Waals surface area contributed by atoms with Crippen LogP contribution in [0.1, 0.15) is 41.4 Å². The number of halogens is 1. The van der Waals surface area contributed by atoms with Crippen LogP contribution in [-0.4, -0.2) is 28.5 Å². The van der Waals surface area contributed by atoms with E-state index in [2.05, 4.69) is 0 Å². The summed E-state index contributed by atoms with van der Waals surface area (Å²) in [6.45, 7) is 3.41. The Morgan fingerprint density at radius 2 is 1.96 bits per heavy atom. The van der Waals surface area contributed by atoms with E-state index < -0.39 is 29.4 Å². The van der Waals surface area contributed by atoms with Gasteiger partial charge in [0, 0.05) is 10.6 Å². The first kappa shape index (κ1) is 17.5. The van der Waals surface area contributed by atoms with Gasteiger partial charge in [0.1, 0.15) is 17.5 Å². The van der Waals surface area contributed by atoms with Gasteiger partial charge >= 0.3 is 0 Å². The molecule has 0 bridgehead atoms. The predicted molar refractivity (Wildman–Crippen MR) is 97.9 cm³/mol. The number of ether oxygens (including phenoxy) is 1. The fourth-order valence-electron chi connectivity index (χ4n) is 3.63. The highest BCUT2D eigenvalue weighted by molar-refractivity contribution is 6.52. The largest absolute Gasteiger partial charge is 0.485 e. The van der Waals surface area contributed by atoms with Crippen molar-refractivity contribution < 1.29 is 19.4 Å². The van der Waals surface area contributed by atoms with Gasteiger partial charge in [0.15, 0.2) is 0 Å². The number of benzene rings is 2. The molecule has 2 aliphatic heterocycles. The molecule has 2 heterocycles. The molecule has 27 heavy (non-hydrogen) atoms. The molecule has 0 unspecified atom stereocenters. The molecule has 2 aromatic carbocycles. The summed E-state index contributed by atoms with van der Waals surface area (Å²) in [5.74, 6) is -0.971. The van der Waals surface area contributed by atoms with Crippen LogP contribution < -0.4 is 9.64 Å². The zero-order valence-corrected chi connectivity index (χ0v) is 15.3. The number of carbonyl (C=O) groups excluding carboxylic acids is 2. The second kappa shape index (κ2) is 5.81. The maximum Gasteiger partial charge on any atom is 0.300 e. The van der Waals surface area contributed by atoms with E-state index in [-0.39, 0.29) is 5.56 Å². The summed E-state index contributed by atoms with van der Waals surface area (Å²) in [7, 11) is 0. The average molecular weight is 383 g/mol. The third-order valence-electron chi connectivity index (χ3n) is 5.00. The van der Waals surface area contributed by atoms with Gasteiger partial charge in [-0.05, 0) is 50.2 Å². The first-order valence-corrected chi connectivity index (χ1v) is 8.71. The van der Waals surface area contributed by atoms with Crippen molar-refractivity contribution in [1.29, 1.82) is 5.26 Å². The molecule has 0 fully saturated rings. The monoisotopic (exact) mass is 382 g/mol. The highest BCUT2D eigenvalue weighted by Crippen LogP contribution is 2.47. The molecule has 0 saturated heterocycles. The molecule has 0 spiro atoms. The van der Waals surface area contributed by atoms with Gasteiger partial charge in [-0.1, -0.05) is 11.6 Å². The van der Waals surface area contributed by atoms with Crippen LogP contribution in [-0.2, 0) is 4.79 Å². The lowest BCUT2D eigenvalue weighted by atomic mass is 9.85. The van der Waals surface area contributed by atoms with Crippen LogP contribution in [0.5, 0.6) is 5.75 Å². The molecular formula is C20H15ClN2O4. The predicted octanol–water partition coefficient (Wildman–Crippen LogP) is 3.01. The number of hydrogen-bond donors (Lipinski definition) is 1. The van der Waals surface area contributed by atoms with Gasteiger partial charge < -0.3 is 9.84 Å². The lowest BCUT2D eigenvalue weighted by molar-refractivity contribution is -0.117. The summed E-state index contributed by atoms with van der Waals surface area (Å²) in [6.07, 6.45) is -1.13. The SMILES string of the molecule is CC1(C)Oc2ccc(C#N)cc2[C@@H](N2C(=O)C(=O)c3cc(Cl)ccc32)[C@@H]1O. The van der Waals surface area contributed by atoms with Crippen molar-refractivity contribution >= 4 is 29.0 Å². The maximum atomic E-state index is 12.8. The Labute approximate surface area is 160 Å². The first-order valence-electron chi connectivity index (χ1n) is 8.33. The minimum Gasteiger partial charge on any atom is -0.485 e. The van der Waals surface area contributed by atoms with Gasteiger partial charge in [-0.2, -0.15) is 5.26 Å². The molecule has 136 valence electrons. The number of nitriles is 1. The van der Waals surface area contributed by atoms with Crippen LogP contribution >= 0.6 is 11.6 Å². The first-order chi connectivity index (χ1) is 12.7. The van der Waals surface area contributed by atoms with E-state index in [0.717, 1.165) is 0 Å². The Bertz CT molecular complexity index is 1040. The number of Topliss-reactive ketones (excluding diaryl/α,β-unsaturated/α-hetero) is 1. The van der Waals surface area contributed by atoms with Crippen LogP contribution in [0.2, 0.25) is 5.02 Å². The Morgan fingerprint density at radius 1 is 1.22 bits per heavy atom. The number of carbonyl (C=O) groups is 2. The lowest BCUT2D eigenvalue weighted by Crippen LogP contribution is -2.54. The third-order valence-corrected chi connectivity index (χ3v) is 5.23. The molecule has 6 nitrogen and oxygen atoms in total. The number of aliphatic hydroxyl groups excluding tert-OH is 1. The van der Waals surface area contributed by atoms with Gasteiger partial charge in [-0.15, -0.1) is 0 Å². The maximum absolute atomic E-state index is 12.8. The van der Waals surface area contributed by atoms with Gasteiger partial charge in [-0.3, -0.25) is 14.5 Å². The normalized spacial score (nSPS) is 22.7. The molecule has 2 aliphatic rings. The van der Waals surface area contributed by atoms with Crippen LogP contribution in [0.25, 0.3) is 0 Å². The average Bonchev–Trinajstić information content (AvgIpc) is 2.87. The zero-order valence-electron chi connectivity index (χ0n) is 14.6. The van der Waals surface area contributed by atoms with Gasteiger partial charge in [0.25, 0.3) is 11.7 Å². The Kier molecular flexibility index (Phi) is 3.77. The van der Waals surface area contributed by atoms with Crippen molar-refractivity contribution in [1.82, 2.24) is 0 Å². The highest BCUT2D eigenvalue weighted by Gasteiger charge is 2.51. The van der Waals surface area contributed by atoms with E-state index in [9.17, 15) is 20.0 Å². The van der Waals surface area contributed by atoms with E-state index in [1.807, 2.05) is 6.07 Å². The number of anilines is 1. The summed E-state index contributed by atoms with van der Waals surface area (Å²) in [4.78, 5) is 26.6. The number of nitrogens with zero attached hydrogens (tertiary/aromatic N) is 2. The van der Waals surface area contributed by atoms with Gasteiger partial charge in [-0.25, -0.2) is 0 Å². The van der Waals surface area contributed by atoms with Crippen LogP contribution in [0.15, 0.2) is 36.4 Å². The quantitative estimate of drug-likeness (QED) is 0.765. The molecular weight excluding hydrogens is 368 g/mol. The van der Waals surface area contributed by atoms with Crippen molar-refractivity contribution in [2.75, 3.05) is 4.90 Å². The highest BCUT2D eigenvalue weighted by atomic mass is 35.5. The summed E-state index contributed by atoms with van der Waals surface area (Å²) in [5.41, 5.74) is 0.407. The summed E-state index contributed by atoms with van der Waals surface area (Å²) in [6, 6.07) is 10.6. The van der Waals surface area contributed by atoms with E-state index in [0.29, 0.717) is 27.6 Å². The fourth-order valence-corrected chi connectivity index (χ4v) is 3.80. The molecule has 0 aromatic heterocycles. The Hall–Kier alpha value is -2.88. The Balaban J connectivity index is 1.95. The molecule has 0 aliphatic carbocycles. The molecule has 2 aromatic rings. The van der Waals surface area contributed by atoms with Crippen LogP contribution in [0, 0.1) is 11.3 Å². The number of hydrogen-bond acceptors (Lipinski definition) is 5. The molecule has 4 rings (SSSR count).